The van der Waals surface area contributed by atoms with Crippen molar-refractivity contribution in [3.05, 3.63) is 88.9 Å². The first kappa shape index (κ1) is 22.5. The topological polar surface area (TPSA) is 99.2 Å². The zero-order valence-corrected chi connectivity index (χ0v) is 19.9. The van der Waals surface area contributed by atoms with Crippen LogP contribution in [0.2, 0.25) is 0 Å². The SMILES string of the molecule is CCCCc1cn(-c2cccn2CC)c(=O)n1Cc1ccc(-c2ccccc2-c2nnn[nH]2)nc1. The van der Waals surface area contributed by atoms with Crippen LogP contribution in [0.25, 0.3) is 28.5 Å². The fourth-order valence-corrected chi connectivity index (χ4v) is 4.35. The number of aromatic amines is 1. The van der Waals surface area contributed by atoms with E-state index in [-0.39, 0.29) is 5.69 Å². The smallest absolute Gasteiger partial charge is 0.334 e. The highest BCUT2D eigenvalue weighted by Crippen LogP contribution is 2.28. The van der Waals surface area contributed by atoms with Crippen LogP contribution in [-0.4, -0.2) is 39.3 Å². The fourth-order valence-electron chi connectivity index (χ4n) is 4.35. The van der Waals surface area contributed by atoms with Crippen molar-refractivity contribution >= 4 is 0 Å². The van der Waals surface area contributed by atoms with Crippen molar-refractivity contribution in [2.45, 2.75) is 46.2 Å². The largest absolute Gasteiger partial charge is 0.334 e. The second kappa shape index (κ2) is 9.92. The first-order chi connectivity index (χ1) is 17.2. The number of nitrogens with zero attached hydrogens (tertiary/aromatic N) is 7. The zero-order chi connectivity index (χ0) is 24.2. The van der Waals surface area contributed by atoms with Gasteiger partial charge in [-0.2, -0.15) is 0 Å². The predicted octanol–water partition coefficient (Wildman–Crippen LogP) is 4.09. The van der Waals surface area contributed by atoms with Gasteiger partial charge in [-0.1, -0.05) is 43.7 Å². The van der Waals surface area contributed by atoms with Gasteiger partial charge in [0.05, 0.1) is 12.2 Å². The normalized spacial score (nSPS) is 11.3. The number of nitrogens with one attached hydrogen (secondary N) is 1. The van der Waals surface area contributed by atoms with Crippen LogP contribution in [0.1, 0.15) is 37.9 Å². The van der Waals surface area contributed by atoms with E-state index in [1.807, 2.05) is 71.7 Å². The number of tetrazole rings is 1. The third-order valence-electron chi connectivity index (χ3n) is 6.21. The highest BCUT2D eigenvalue weighted by Gasteiger charge is 2.16. The Balaban J connectivity index is 1.47. The van der Waals surface area contributed by atoms with Crippen LogP contribution in [0.3, 0.4) is 0 Å². The summed E-state index contributed by atoms with van der Waals surface area (Å²) in [5.74, 6) is 1.48. The minimum absolute atomic E-state index is 0.0308. The highest BCUT2D eigenvalue weighted by molar-refractivity contribution is 5.78. The molecule has 0 unspecified atom stereocenters. The molecule has 0 saturated heterocycles. The standard InChI is InChI=1S/C26H28N8O/c1-3-5-9-20-18-34(24-12-8-15-32(24)4-2)26(35)33(20)17-19-13-14-23(27-16-19)21-10-6-7-11-22(21)25-28-30-31-29-25/h6-8,10-16,18H,3-5,9,17H2,1-2H3,(H,28,29,30,31). The van der Waals surface area contributed by atoms with Crippen molar-refractivity contribution in [2.24, 2.45) is 0 Å². The minimum atomic E-state index is -0.0308. The zero-order valence-electron chi connectivity index (χ0n) is 19.9. The van der Waals surface area contributed by atoms with Gasteiger partial charge in [-0.15, -0.1) is 5.10 Å². The van der Waals surface area contributed by atoms with E-state index in [1.54, 1.807) is 4.57 Å². The number of aromatic nitrogens is 8. The predicted molar refractivity (Wildman–Crippen MR) is 134 cm³/mol. The summed E-state index contributed by atoms with van der Waals surface area (Å²) in [6.07, 6.45) is 8.79. The van der Waals surface area contributed by atoms with E-state index >= 15 is 0 Å². The van der Waals surface area contributed by atoms with Crippen molar-refractivity contribution in [2.75, 3.05) is 0 Å². The molecule has 0 bridgehead atoms. The lowest BCUT2D eigenvalue weighted by Crippen LogP contribution is -2.26. The number of benzene rings is 1. The average molecular weight is 469 g/mol. The number of hydrogen-bond acceptors (Lipinski definition) is 5. The monoisotopic (exact) mass is 468 g/mol. The maximum Gasteiger partial charge on any atom is 0.334 e. The molecule has 5 rings (SSSR count). The molecule has 0 amide bonds. The molecule has 0 saturated carbocycles. The van der Waals surface area contributed by atoms with Gasteiger partial charge in [-0.25, -0.2) is 9.89 Å². The molecule has 0 atom stereocenters. The highest BCUT2D eigenvalue weighted by atomic mass is 16.1. The molecule has 0 aliphatic rings. The van der Waals surface area contributed by atoms with Gasteiger partial charge in [0.2, 0.25) is 0 Å². The molecule has 1 N–H and O–H groups in total. The lowest BCUT2D eigenvalue weighted by atomic mass is 10.0. The van der Waals surface area contributed by atoms with Crippen molar-refractivity contribution in [3.8, 4) is 28.5 Å². The van der Waals surface area contributed by atoms with Gasteiger partial charge in [-0.05, 0) is 54.0 Å². The number of aryl methyl sites for hydroxylation is 2. The van der Waals surface area contributed by atoms with E-state index in [1.165, 1.54) is 0 Å². The second-order valence-electron chi connectivity index (χ2n) is 8.46. The average Bonchev–Trinajstić information content (AvgIpc) is 3.65. The number of pyridine rings is 1. The van der Waals surface area contributed by atoms with Crippen LogP contribution < -0.4 is 5.69 Å². The summed E-state index contributed by atoms with van der Waals surface area (Å²) in [5.41, 5.74) is 4.61. The van der Waals surface area contributed by atoms with Gasteiger partial charge in [0, 0.05) is 42.0 Å². The maximum atomic E-state index is 13.5. The third kappa shape index (κ3) is 4.44. The van der Waals surface area contributed by atoms with Crippen molar-refractivity contribution in [1.82, 2.24) is 39.3 Å². The van der Waals surface area contributed by atoms with Crippen LogP contribution in [0, 0.1) is 0 Å². The van der Waals surface area contributed by atoms with E-state index in [4.69, 9.17) is 4.98 Å². The van der Waals surface area contributed by atoms with E-state index in [0.717, 1.165) is 59.7 Å². The van der Waals surface area contributed by atoms with Crippen LogP contribution in [0.5, 0.6) is 0 Å². The van der Waals surface area contributed by atoms with Crippen molar-refractivity contribution in [1.29, 1.82) is 0 Å². The number of imidazole rings is 1. The van der Waals surface area contributed by atoms with E-state index in [9.17, 15) is 4.79 Å². The van der Waals surface area contributed by atoms with E-state index in [0.29, 0.717) is 12.4 Å². The molecule has 4 aromatic heterocycles. The van der Waals surface area contributed by atoms with Gasteiger partial charge >= 0.3 is 5.69 Å². The Labute approximate surface area is 203 Å². The minimum Gasteiger partial charge on any atom is -0.334 e. The van der Waals surface area contributed by atoms with Gasteiger partial charge in [0.25, 0.3) is 0 Å². The van der Waals surface area contributed by atoms with Crippen LogP contribution in [0.15, 0.2) is 71.9 Å². The molecule has 4 heterocycles. The Morgan fingerprint density at radius 2 is 1.86 bits per heavy atom. The van der Waals surface area contributed by atoms with Crippen LogP contribution in [0.4, 0.5) is 0 Å². The van der Waals surface area contributed by atoms with Gasteiger partial charge < -0.3 is 4.57 Å². The summed E-state index contributed by atoms with van der Waals surface area (Å²) in [7, 11) is 0. The molecule has 0 spiro atoms. The Hall–Kier alpha value is -4.27. The molecule has 0 radical (unpaired) electrons. The first-order valence-corrected chi connectivity index (χ1v) is 11.9. The van der Waals surface area contributed by atoms with Gasteiger partial charge in [-0.3, -0.25) is 14.1 Å². The first-order valence-electron chi connectivity index (χ1n) is 11.9. The van der Waals surface area contributed by atoms with Crippen LogP contribution >= 0.6 is 0 Å². The summed E-state index contributed by atoms with van der Waals surface area (Å²) >= 11 is 0. The lowest BCUT2D eigenvalue weighted by Gasteiger charge is -2.09. The fraction of sp³-hybridized carbons (Fsp3) is 0.269. The summed E-state index contributed by atoms with van der Waals surface area (Å²) in [6.45, 7) is 5.52. The number of unbranched alkanes of at least 4 members (excludes halogenated alkanes) is 1. The lowest BCUT2D eigenvalue weighted by molar-refractivity contribution is 0.664. The Kier molecular flexibility index (Phi) is 6.38. The second-order valence-corrected chi connectivity index (χ2v) is 8.46. The maximum absolute atomic E-state index is 13.5. The summed E-state index contributed by atoms with van der Waals surface area (Å²) in [4.78, 5) is 18.2. The van der Waals surface area contributed by atoms with Gasteiger partial charge in [0.1, 0.15) is 5.82 Å². The molecule has 5 aromatic rings. The summed E-state index contributed by atoms with van der Waals surface area (Å²) < 4.78 is 5.71. The molecular formula is C26H28N8O. The number of H-pyrrole nitrogens is 1. The molecule has 0 aliphatic carbocycles. The molecule has 0 fully saturated rings. The Bertz CT molecular complexity index is 1460. The molecule has 1 aromatic carbocycles. The third-order valence-corrected chi connectivity index (χ3v) is 6.21. The molecule has 35 heavy (non-hydrogen) atoms. The Morgan fingerprint density at radius 3 is 2.57 bits per heavy atom. The quantitative estimate of drug-likeness (QED) is 0.351. The van der Waals surface area contributed by atoms with E-state index in [2.05, 4.69) is 39.0 Å². The molecule has 178 valence electrons. The van der Waals surface area contributed by atoms with E-state index < -0.39 is 0 Å². The molecule has 9 nitrogen and oxygen atoms in total. The molecule has 0 aliphatic heterocycles. The molecular weight excluding hydrogens is 440 g/mol. The number of rotatable bonds is 9. The molecule has 9 heteroatoms. The number of hydrogen-bond donors (Lipinski definition) is 1. The summed E-state index contributed by atoms with van der Waals surface area (Å²) in [6, 6.07) is 15.8. The van der Waals surface area contributed by atoms with Gasteiger partial charge in [0.15, 0.2) is 5.82 Å². The van der Waals surface area contributed by atoms with Crippen molar-refractivity contribution in [3.63, 3.8) is 0 Å². The van der Waals surface area contributed by atoms with Crippen molar-refractivity contribution < 1.29 is 0 Å². The summed E-state index contributed by atoms with van der Waals surface area (Å²) in [5, 5.41) is 14.2. The van der Waals surface area contributed by atoms with Crippen LogP contribution in [-0.2, 0) is 19.5 Å². The Morgan fingerprint density at radius 1 is 1.00 bits per heavy atom.